The summed E-state index contributed by atoms with van der Waals surface area (Å²) < 4.78 is 11.3. The molecular formula is C22H29NO4. The second kappa shape index (κ2) is 8.70. The zero-order valence-electron chi connectivity index (χ0n) is 16.2. The van der Waals surface area contributed by atoms with Crippen LogP contribution in [0.5, 0.6) is 0 Å². The normalized spacial score (nSPS) is 30.8. The molecule has 2 aliphatic heterocycles. The summed E-state index contributed by atoms with van der Waals surface area (Å²) in [5.41, 5.74) is 1.08. The number of imide groups is 1. The molecule has 0 N–H and O–H groups in total. The summed E-state index contributed by atoms with van der Waals surface area (Å²) in [6.45, 7) is 8.36. The van der Waals surface area contributed by atoms with Crippen molar-refractivity contribution in [3.05, 3.63) is 48.6 Å². The fourth-order valence-corrected chi connectivity index (χ4v) is 4.07. The predicted octanol–water partition coefficient (Wildman–Crippen LogP) is 3.97. The molecule has 2 aliphatic rings. The Labute approximate surface area is 161 Å². The molecule has 5 heteroatoms. The Morgan fingerprint density at radius 2 is 2.04 bits per heavy atom. The van der Waals surface area contributed by atoms with Crippen LogP contribution in [0.1, 0.15) is 38.7 Å². The standard InChI is InChI=1S/C22H29NO4/c1-4-8-19-11-15(2)16(3)20(27-19)13-21(24)23-18(14-26-22(23)25)12-17-9-6-5-7-10-17/h4-7,9-10,15-16,18-20H,1,8,11-14H2,2-3H3/t15-,16+,18+,19+,20+/m0/s1. The average molecular weight is 371 g/mol. The van der Waals surface area contributed by atoms with E-state index in [4.69, 9.17) is 9.47 Å². The Balaban J connectivity index is 1.67. The minimum Gasteiger partial charge on any atom is -0.447 e. The van der Waals surface area contributed by atoms with E-state index in [0.717, 1.165) is 18.4 Å². The first-order valence-electron chi connectivity index (χ1n) is 9.78. The number of cyclic esters (lactones) is 1. The third-order valence-electron chi connectivity index (χ3n) is 5.84. The van der Waals surface area contributed by atoms with Gasteiger partial charge in [-0.1, -0.05) is 50.3 Å². The molecule has 0 saturated carbocycles. The van der Waals surface area contributed by atoms with Crippen LogP contribution in [0.25, 0.3) is 0 Å². The van der Waals surface area contributed by atoms with Crippen LogP contribution in [-0.4, -0.2) is 41.8 Å². The van der Waals surface area contributed by atoms with Gasteiger partial charge in [-0.25, -0.2) is 9.69 Å². The molecule has 1 aromatic rings. The maximum Gasteiger partial charge on any atom is 0.416 e. The van der Waals surface area contributed by atoms with E-state index in [1.807, 2.05) is 36.4 Å². The van der Waals surface area contributed by atoms with Crippen LogP contribution in [0.4, 0.5) is 4.79 Å². The molecule has 146 valence electrons. The van der Waals surface area contributed by atoms with Gasteiger partial charge in [0.25, 0.3) is 0 Å². The molecule has 0 radical (unpaired) electrons. The summed E-state index contributed by atoms with van der Waals surface area (Å²) >= 11 is 0. The predicted molar refractivity (Wildman–Crippen MR) is 103 cm³/mol. The maximum atomic E-state index is 13.0. The molecule has 2 fully saturated rings. The topological polar surface area (TPSA) is 55.8 Å². The smallest absolute Gasteiger partial charge is 0.416 e. The highest BCUT2D eigenvalue weighted by Crippen LogP contribution is 2.34. The van der Waals surface area contributed by atoms with Gasteiger partial charge in [-0.3, -0.25) is 4.79 Å². The maximum absolute atomic E-state index is 13.0. The van der Waals surface area contributed by atoms with Crippen molar-refractivity contribution in [3.63, 3.8) is 0 Å². The molecule has 2 saturated heterocycles. The molecule has 1 aromatic carbocycles. The van der Waals surface area contributed by atoms with Crippen molar-refractivity contribution in [1.29, 1.82) is 0 Å². The van der Waals surface area contributed by atoms with Crippen molar-refractivity contribution in [2.45, 2.75) is 57.8 Å². The Morgan fingerprint density at radius 3 is 2.74 bits per heavy atom. The number of benzene rings is 1. The van der Waals surface area contributed by atoms with Crippen molar-refractivity contribution < 1.29 is 19.1 Å². The molecule has 0 unspecified atom stereocenters. The van der Waals surface area contributed by atoms with E-state index in [-0.39, 0.29) is 43.1 Å². The summed E-state index contributed by atoms with van der Waals surface area (Å²) in [6, 6.07) is 9.60. The van der Waals surface area contributed by atoms with Crippen molar-refractivity contribution >= 4 is 12.0 Å². The van der Waals surface area contributed by atoms with Crippen molar-refractivity contribution in [3.8, 4) is 0 Å². The molecular weight excluding hydrogens is 342 g/mol. The van der Waals surface area contributed by atoms with Crippen molar-refractivity contribution in [2.24, 2.45) is 11.8 Å². The first kappa shape index (κ1) is 19.6. The van der Waals surface area contributed by atoms with Crippen LogP contribution in [0.2, 0.25) is 0 Å². The second-order valence-electron chi connectivity index (χ2n) is 7.78. The summed E-state index contributed by atoms with van der Waals surface area (Å²) in [6.07, 6.45) is 3.80. The number of amides is 2. The minimum atomic E-state index is -0.542. The summed E-state index contributed by atoms with van der Waals surface area (Å²) in [5.74, 6) is 0.523. The highest BCUT2D eigenvalue weighted by atomic mass is 16.6. The van der Waals surface area contributed by atoms with E-state index in [0.29, 0.717) is 12.3 Å². The van der Waals surface area contributed by atoms with E-state index in [2.05, 4.69) is 20.4 Å². The molecule has 5 atom stereocenters. The number of carbonyl (C=O) groups excluding carboxylic acids is 2. The van der Waals surface area contributed by atoms with Gasteiger partial charge in [0.15, 0.2) is 0 Å². The van der Waals surface area contributed by atoms with Gasteiger partial charge >= 0.3 is 6.09 Å². The monoisotopic (exact) mass is 371 g/mol. The van der Waals surface area contributed by atoms with Gasteiger partial charge in [0, 0.05) is 0 Å². The van der Waals surface area contributed by atoms with Crippen LogP contribution >= 0.6 is 0 Å². The number of hydrogen-bond donors (Lipinski definition) is 0. The van der Waals surface area contributed by atoms with Gasteiger partial charge in [-0.15, -0.1) is 6.58 Å². The third kappa shape index (κ3) is 4.59. The number of rotatable bonds is 6. The summed E-state index contributed by atoms with van der Waals surface area (Å²) in [7, 11) is 0. The number of hydrogen-bond acceptors (Lipinski definition) is 4. The lowest BCUT2D eigenvalue weighted by molar-refractivity contribution is -0.141. The lowest BCUT2D eigenvalue weighted by atomic mass is 9.81. The SMILES string of the molecule is C=CC[C@@H]1C[C@H](C)[C@@H](C)[C@@H](CC(=O)N2C(=O)OC[C@H]2Cc2ccccc2)O1. The molecule has 0 spiro atoms. The fourth-order valence-electron chi connectivity index (χ4n) is 4.07. The molecule has 2 heterocycles. The average Bonchev–Trinajstić information content (AvgIpc) is 3.00. The molecule has 0 bridgehead atoms. The largest absolute Gasteiger partial charge is 0.447 e. The molecule has 0 aliphatic carbocycles. The second-order valence-corrected chi connectivity index (χ2v) is 7.78. The zero-order valence-corrected chi connectivity index (χ0v) is 16.2. The van der Waals surface area contributed by atoms with Crippen molar-refractivity contribution in [1.82, 2.24) is 4.90 Å². The molecule has 3 rings (SSSR count). The van der Waals surface area contributed by atoms with E-state index < -0.39 is 6.09 Å². The minimum absolute atomic E-state index is 0.0946. The molecule has 0 aromatic heterocycles. The zero-order chi connectivity index (χ0) is 19.4. The van der Waals surface area contributed by atoms with Gasteiger partial charge in [-0.05, 0) is 36.7 Å². The van der Waals surface area contributed by atoms with E-state index in [1.165, 1.54) is 4.90 Å². The van der Waals surface area contributed by atoms with Crippen LogP contribution in [0.3, 0.4) is 0 Å². The van der Waals surface area contributed by atoms with Crippen LogP contribution < -0.4 is 0 Å². The molecule has 27 heavy (non-hydrogen) atoms. The molecule has 2 amide bonds. The summed E-state index contributed by atoms with van der Waals surface area (Å²) in [4.78, 5) is 26.5. The van der Waals surface area contributed by atoms with Gasteiger partial charge < -0.3 is 9.47 Å². The first-order valence-corrected chi connectivity index (χ1v) is 9.78. The number of ether oxygens (including phenoxy) is 2. The fraction of sp³-hybridized carbons (Fsp3) is 0.545. The number of nitrogens with zero attached hydrogens (tertiary/aromatic N) is 1. The lowest BCUT2D eigenvalue weighted by Crippen LogP contribution is -2.45. The molecule has 5 nitrogen and oxygen atoms in total. The van der Waals surface area contributed by atoms with Gasteiger partial charge in [0.05, 0.1) is 24.7 Å². The van der Waals surface area contributed by atoms with Crippen LogP contribution in [0.15, 0.2) is 43.0 Å². The Kier molecular flexibility index (Phi) is 6.32. The van der Waals surface area contributed by atoms with E-state index >= 15 is 0 Å². The highest BCUT2D eigenvalue weighted by molar-refractivity contribution is 5.93. The van der Waals surface area contributed by atoms with E-state index in [9.17, 15) is 9.59 Å². The first-order chi connectivity index (χ1) is 13.0. The van der Waals surface area contributed by atoms with E-state index in [1.54, 1.807) is 0 Å². The quantitative estimate of drug-likeness (QED) is 0.710. The van der Waals surface area contributed by atoms with Crippen LogP contribution in [0, 0.1) is 11.8 Å². The summed E-state index contributed by atoms with van der Waals surface area (Å²) in [5, 5.41) is 0. The Morgan fingerprint density at radius 1 is 1.30 bits per heavy atom. The Hall–Kier alpha value is -2.14. The lowest BCUT2D eigenvalue weighted by Gasteiger charge is -2.39. The van der Waals surface area contributed by atoms with Gasteiger partial charge in [0.1, 0.15) is 6.61 Å². The van der Waals surface area contributed by atoms with Gasteiger partial charge in [0.2, 0.25) is 5.91 Å². The van der Waals surface area contributed by atoms with Gasteiger partial charge in [-0.2, -0.15) is 0 Å². The number of carbonyl (C=O) groups is 2. The highest BCUT2D eigenvalue weighted by Gasteiger charge is 2.41. The van der Waals surface area contributed by atoms with Crippen molar-refractivity contribution in [2.75, 3.05) is 6.61 Å². The third-order valence-corrected chi connectivity index (χ3v) is 5.84. The Bertz CT molecular complexity index is 674. The van der Waals surface area contributed by atoms with Crippen LogP contribution in [-0.2, 0) is 20.7 Å².